The van der Waals surface area contributed by atoms with E-state index in [1.807, 2.05) is 16.3 Å². The molecule has 0 aliphatic carbocycles. The maximum atomic E-state index is 16.5. The zero-order valence-corrected chi connectivity index (χ0v) is 27.7. The minimum atomic E-state index is -2.06. The van der Waals surface area contributed by atoms with Crippen LogP contribution >= 0.6 is 11.3 Å². The summed E-state index contributed by atoms with van der Waals surface area (Å²) in [6.07, 6.45) is 1.55. The van der Waals surface area contributed by atoms with Crippen LogP contribution in [0.3, 0.4) is 0 Å². The molecule has 0 bridgehead atoms. The Hall–Kier alpha value is -4.49. The second kappa shape index (κ2) is 13.6. The van der Waals surface area contributed by atoms with Crippen molar-refractivity contribution in [1.29, 1.82) is 0 Å². The van der Waals surface area contributed by atoms with Gasteiger partial charge in [0.1, 0.15) is 11.9 Å². The molecule has 4 heterocycles. The van der Waals surface area contributed by atoms with Gasteiger partial charge in [0, 0.05) is 61.5 Å². The van der Waals surface area contributed by atoms with Crippen molar-refractivity contribution in [3.63, 3.8) is 0 Å². The number of halogens is 2. The molecule has 0 saturated carbocycles. The summed E-state index contributed by atoms with van der Waals surface area (Å²) in [6.45, 7) is 6.11. The molecule has 2 fully saturated rings. The fraction of sp³-hybridized carbons (Fsp3) is 0.400. The number of piperidine rings is 1. The first-order valence-corrected chi connectivity index (χ1v) is 16.8. The number of ether oxygens (including phenoxy) is 1. The maximum absolute atomic E-state index is 16.5. The van der Waals surface area contributed by atoms with Crippen LogP contribution in [0.4, 0.5) is 14.5 Å². The number of nitrogens with one attached hydrogen (secondary N) is 1. The number of rotatable bonds is 10. The van der Waals surface area contributed by atoms with Crippen LogP contribution < -0.4 is 10.2 Å². The number of amides is 1. The third kappa shape index (κ3) is 6.36. The summed E-state index contributed by atoms with van der Waals surface area (Å²) in [5.41, 5.74) is 0.839. The number of carbonyl (C=O) groups excluding carboxylic acids is 2. The molecule has 0 radical (unpaired) electrons. The number of hydrogen-bond acceptors (Lipinski definition) is 9. The minimum Gasteiger partial charge on any atom is -0.481 e. The van der Waals surface area contributed by atoms with E-state index in [-0.39, 0.29) is 57.1 Å². The average Bonchev–Trinajstić information content (AvgIpc) is 3.69. The summed E-state index contributed by atoms with van der Waals surface area (Å²) in [5.74, 6) is -3.03. The number of anilines is 1. The second-order valence-electron chi connectivity index (χ2n) is 12.5. The highest BCUT2D eigenvalue weighted by atomic mass is 32.1. The summed E-state index contributed by atoms with van der Waals surface area (Å²) in [4.78, 5) is 51.1. The van der Waals surface area contributed by atoms with E-state index in [0.29, 0.717) is 33.4 Å². The van der Waals surface area contributed by atoms with Gasteiger partial charge in [-0.05, 0) is 54.7 Å². The SMILES string of the molecule is CCOC(=O)C1=C(CN2CC[C@]3(F)C(=O)N(c4cccc(C(C)CC(=O)O)c4)CC3C2)NC(c2nccs2)=N[C@H]1c1cccc(F)c1C. The quantitative estimate of drug-likeness (QED) is 0.283. The molecule has 10 nitrogen and oxygen atoms in total. The van der Waals surface area contributed by atoms with Crippen molar-refractivity contribution < 1.29 is 33.0 Å². The zero-order valence-electron chi connectivity index (χ0n) is 26.9. The van der Waals surface area contributed by atoms with Gasteiger partial charge in [0.2, 0.25) is 0 Å². The van der Waals surface area contributed by atoms with Gasteiger partial charge in [-0.15, -0.1) is 11.3 Å². The molecular weight excluding hydrogens is 640 g/mol. The fourth-order valence-corrected chi connectivity index (χ4v) is 7.40. The molecule has 48 heavy (non-hydrogen) atoms. The van der Waals surface area contributed by atoms with Crippen LogP contribution in [0.15, 0.2) is 70.3 Å². The first-order chi connectivity index (χ1) is 23.0. The molecule has 13 heteroatoms. The maximum Gasteiger partial charge on any atom is 0.338 e. The van der Waals surface area contributed by atoms with Gasteiger partial charge in [0.25, 0.3) is 5.91 Å². The number of carbonyl (C=O) groups is 3. The van der Waals surface area contributed by atoms with Crippen LogP contribution in [-0.4, -0.2) is 77.1 Å². The number of likely N-dealkylation sites (tertiary alicyclic amines) is 1. The lowest BCUT2D eigenvalue weighted by Crippen LogP contribution is -2.52. The molecule has 3 aliphatic heterocycles. The number of carboxylic acid groups (broad SMARTS) is 1. The number of thiazole rings is 1. The Morgan fingerprint density at radius 2 is 2.02 bits per heavy atom. The lowest BCUT2D eigenvalue weighted by atomic mass is 9.84. The van der Waals surface area contributed by atoms with Gasteiger partial charge >= 0.3 is 11.9 Å². The van der Waals surface area contributed by atoms with Crippen molar-refractivity contribution in [1.82, 2.24) is 15.2 Å². The predicted molar refractivity (Wildman–Crippen MR) is 177 cm³/mol. The Labute approximate surface area is 281 Å². The molecule has 2 N–H and O–H groups in total. The third-order valence-electron chi connectivity index (χ3n) is 9.40. The van der Waals surface area contributed by atoms with Gasteiger partial charge in [0.05, 0.1) is 18.6 Å². The lowest BCUT2D eigenvalue weighted by molar-refractivity contribution is -0.139. The van der Waals surface area contributed by atoms with E-state index in [1.165, 1.54) is 22.3 Å². The molecule has 1 aromatic heterocycles. The topological polar surface area (TPSA) is 124 Å². The summed E-state index contributed by atoms with van der Waals surface area (Å²) >= 11 is 1.37. The first-order valence-electron chi connectivity index (χ1n) is 15.9. The summed E-state index contributed by atoms with van der Waals surface area (Å²) in [5, 5.41) is 14.9. The van der Waals surface area contributed by atoms with E-state index in [9.17, 15) is 23.9 Å². The Kier molecular flexibility index (Phi) is 9.44. The number of aliphatic imine (C=N–C) groups is 1. The lowest BCUT2D eigenvalue weighted by Gasteiger charge is -2.38. The summed E-state index contributed by atoms with van der Waals surface area (Å²) < 4.78 is 36.8. The van der Waals surface area contributed by atoms with Crippen LogP contribution in [0.25, 0.3) is 0 Å². The van der Waals surface area contributed by atoms with Crippen LogP contribution in [0.1, 0.15) is 60.3 Å². The van der Waals surface area contributed by atoms with E-state index in [1.54, 1.807) is 57.3 Å². The Balaban J connectivity index is 1.30. The Bertz CT molecular complexity index is 1800. The number of alkyl halides is 1. The van der Waals surface area contributed by atoms with E-state index in [2.05, 4.69) is 10.3 Å². The molecule has 2 aromatic carbocycles. The number of carboxylic acids is 1. The van der Waals surface area contributed by atoms with Crippen molar-refractivity contribution in [2.75, 3.05) is 37.7 Å². The number of benzene rings is 2. The fourth-order valence-electron chi connectivity index (χ4n) is 6.82. The number of aromatic nitrogens is 1. The van der Waals surface area contributed by atoms with Gasteiger partial charge in [-0.1, -0.05) is 31.2 Å². The number of esters is 1. The van der Waals surface area contributed by atoms with Crippen LogP contribution in [0.2, 0.25) is 0 Å². The average molecular weight is 678 g/mol. The molecule has 3 aromatic rings. The number of nitrogens with zero attached hydrogens (tertiary/aromatic N) is 4. The van der Waals surface area contributed by atoms with Gasteiger partial charge in [-0.3, -0.25) is 19.5 Å². The largest absolute Gasteiger partial charge is 0.481 e. The van der Waals surface area contributed by atoms with Crippen molar-refractivity contribution in [3.8, 4) is 0 Å². The number of aliphatic carboxylic acids is 1. The Morgan fingerprint density at radius 3 is 2.75 bits per heavy atom. The zero-order chi connectivity index (χ0) is 34.2. The summed E-state index contributed by atoms with van der Waals surface area (Å²) in [6, 6.07) is 10.9. The molecule has 3 aliphatic rings. The molecule has 0 spiro atoms. The van der Waals surface area contributed by atoms with E-state index >= 15 is 4.39 Å². The van der Waals surface area contributed by atoms with Crippen molar-refractivity contribution in [2.24, 2.45) is 10.9 Å². The molecule has 2 saturated heterocycles. The smallest absolute Gasteiger partial charge is 0.338 e. The van der Waals surface area contributed by atoms with Gasteiger partial charge < -0.3 is 20.1 Å². The standard InChI is InChI=1S/C35H37F2N5O5S/c1-4-47-33(45)29-27(39-31(32-38-12-14-48-32)40-30(29)25-9-6-10-26(36)21(25)3)19-41-13-11-35(37)23(17-41)18-42(34(35)46)24-8-5-7-22(16-24)20(2)15-28(43)44/h5-10,12,14,16,20,23,30H,4,11,13,15,17-19H2,1-3H3,(H,39,40)(H,43,44)/t20?,23?,30-,35+/m0/s1. The van der Waals surface area contributed by atoms with Crippen LogP contribution in [0.5, 0.6) is 0 Å². The van der Waals surface area contributed by atoms with E-state index in [4.69, 9.17) is 9.73 Å². The molecule has 2 unspecified atom stereocenters. The van der Waals surface area contributed by atoms with Crippen LogP contribution in [0, 0.1) is 18.7 Å². The third-order valence-corrected chi connectivity index (χ3v) is 10.2. The van der Waals surface area contributed by atoms with Gasteiger partial charge in [-0.2, -0.15) is 0 Å². The summed E-state index contributed by atoms with van der Waals surface area (Å²) in [7, 11) is 0. The Morgan fingerprint density at radius 1 is 1.23 bits per heavy atom. The second-order valence-corrected chi connectivity index (χ2v) is 13.4. The van der Waals surface area contributed by atoms with Crippen molar-refractivity contribution in [3.05, 3.63) is 92.8 Å². The number of amidine groups is 1. The highest BCUT2D eigenvalue weighted by molar-refractivity contribution is 7.11. The number of fused-ring (bicyclic) bond motifs is 1. The highest BCUT2D eigenvalue weighted by Gasteiger charge is 2.57. The first kappa shape index (κ1) is 33.4. The molecule has 252 valence electrons. The van der Waals surface area contributed by atoms with E-state index in [0.717, 1.165) is 5.56 Å². The normalized spacial score (nSPS) is 23.4. The molecular formula is C35H37F2N5O5S. The van der Waals surface area contributed by atoms with Gasteiger partial charge in [0.15, 0.2) is 16.5 Å². The van der Waals surface area contributed by atoms with Gasteiger partial charge in [-0.25, -0.2) is 18.6 Å². The molecule has 1 amide bonds. The molecule has 6 rings (SSSR count). The monoisotopic (exact) mass is 677 g/mol. The van der Waals surface area contributed by atoms with Crippen LogP contribution in [-0.2, 0) is 19.1 Å². The highest BCUT2D eigenvalue weighted by Crippen LogP contribution is 2.43. The minimum absolute atomic E-state index is 0.0377. The van der Waals surface area contributed by atoms with Crippen molar-refractivity contribution >= 4 is 40.7 Å². The van der Waals surface area contributed by atoms with E-state index < -0.39 is 41.3 Å². The molecule has 4 atom stereocenters. The predicted octanol–water partition coefficient (Wildman–Crippen LogP) is 5.15. The van der Waals surface area contributed by atoms with Crippen molar-refractivity contribution in [2.45, 2.75) is 51.2 Å². The number of hydrogen-bond donors (Lipinski definition) is 2.